The highest BCUT2D eigenvalue weighted by atomic mass is 35.5. The summed E-state index contributed by atoms with van der Waals surface area (Å²) < 4.78 is 11.1. The number of nitrogens with zero attached hydrogens (tertiary/aromatic N) is 2. The smallest absolute Gasteiger partial charge is 0.329 e. The van der Waals surface area contributed by atoms with Crippen molar-refractivity contribution < 1.29 is 19.1 Å². The van der Waals surface area contributed by atoms with Crippen LogP contribution in [0.15, 0.2) is 53.6 Å². The van der Waals surface area contributed by atoms with Gasteiger partial charge in [0, 0.05) is 17.2 Å². The maximum atomic E-state index is 12.4. The molecule has 2 atom stereocenters. The predicted octanol–water partition coefficient (Wildman–Crippen LogP) is 8.30. The van der Waals surface area contributed by atoms with E-state index in [2.05, 4.69) is 12.0 Å². The zero-order chi connectivity index (χ0) is 24.8. The SMILES string of the molecule is CCCCCCCCCOc1ccc([N+]([O-])=Nc2ccc(OC(=O)[C@@H](Cl)[C@@H](C)CC)cc2)cc1. The van der Waals surface area contributed by atoms with Gasteiger partial charge in [-0.3, -0.25) is 4.79 Å². The number of carbonyl (C=O) groups excluding carboxylic acids is 1. The van der Waals surface area contributed by atoms with E-state index < -0.39 is 11.3 Å². The Morgan fingerprint density at radius 3 is 2.15 bits per heavy atom. The first-order valence-electron chi connectivity index (χ1n) is 12.3. The Morgan fingerprint density at radius 1 is 0.941 bits per heavy atom. The second kappa shape index (κ2) is 15.3. The van der Waals surface area contributed by atoms with E-state index >= 15 is 0 Å². The maximum absolute atomic E-state index is 12.4. The summed E-state index contributed by atoms with van der Waals surface area (Å²) in [7, 11) is 0. The summed E-state index contributed by atoms with van der Waals surface area (Å²) in [5.74, 6) is 0.636. The number of esters is 1. The number of halogens is 1. The third-order valence-electron chi connectivity index (χ3n) is 5.70. The highest BCUT2D eigenvalue weighted by Gasteiger charge is 2.23. The molecular formula is C27H37ClN2O4. The van der Waals surface area contributed by atoms with Crippen LogP contribution in [0.25, 0.3) is 0 Å². The Labute approximate surface area is 208 Å². The van der Waals surface area contributed by atoms with Crippen LogP contribution in [0.4, 0.5) is 11.4 Å². The van der Waals surface area contributed by atoms with Crippen molar-refractivity contribution in [3.63, 3.8) is 0 Å². The molecule has 34 heavy (non-hydrogen) atoms. The quantitative estimate of drug-likeness (QED) is 0.0480. The van der Waals surface area contributed by atoms with Gasteiger partial charge in [0.2, 0.25) is 5.69 Å². The minimum Gasteiger partial charge on any atom is -0.594 e. The van der Waals surface area contributed by atoms with Gasteiger partial charge in [-0.2, -0.15) is 0 Å². The molecule has 0 fully saturated rings. The molecule has 0 bridgehead atoms. The molecule has 2 aromatic carbocycles. The van der Waals surface area contributed by atoms with Crippen LogP contribution in [0.3, 0.4) is 0 Å². The summed E-state index contributed by atoms with van der Waals surface area (Å²) in [5, 5.41) is 15.7. The first-order valence-corrected chi connectivity index (χ1v) is 12.8. The van der Waals surface area contributed by atoms with E-state index in [0.717, 1.165) is 18.6 Å². The molecule has 0 unspecified atom stereocenters. The van der Waals surface area contributed by atoms with E-state index in [-0.39, 0.29) is 5.92 Å². The monoisotopic (exact) mass is 488 g/mol. The lowest BCUT2D eigenvalue weighted by Gasteiger charge is -2.14. The molecular weight excluding hydrogens is 452 g/mol. The summed E-state index contributed by atoms with van der Waals surface area (Å²) in [6, 6.07) is 13.3. The Hall–Kier alpha value is -2.60. The molecule has 0 radical (unpaired) electrons. The van der Waals surface area contributed by atoms with Gasteiger partial charge >= 0.3 is 5.97 Å². The highest BCUT2D eigenvalue weighted by molar-refractivity contribution is 6.30. The third-order valence-corrected chi connectivity index (χ3v) is 6.31. The molecule has 2 aromatic rings. The molecule has 186 valence electrons. The molecule has 0 aromatic heterocycles. The zero-order valence-electron chi connectivity index (χ0n) is 20.5. The Kier molecular flexibility index (Phi) is 12.5. The van der Waals surface area contributed by atoms with Crippen LogP contribution in [0.1, 0.15) is 72.1 Å². The fraction of sp³-hybridized carbons (Fsp3) is 0.519. The van der Waals surface area contributed by atoms with Crippen LogP contribution < -0.4 is 9.47 Å². The highest BCUT2D eigenvalue weighted by Crippen LogP contribution is 2.24. The number of unbranched alkanes of at least 4 members (excludes halogenated alkanes) is 6. The number of rotatable bonds is 15. The number of hydrogen-bond acceptors (Lipinski definition) is 5. The van der Waals surface area contributed by atoms with Crippen LogP contribution in [0.5, 0.6) is 11.5 Å². The Balaban J connectivity index is 1.81. The van der Waals surface area contributed by atoms with Gasteiger partial charge < -0.3 is 14.7 Å². The summed E-state index contributed by atoms with van der Waals surface area (Å²) in [6.07, 6.45) is 9.45. The van der Waals surface area contributed by atoms with Crippen molar-refractivity contribution in [2.75, 3.05) is 6.61 Å². The average molecular weight is 489 g/mol. The fourth-order valence-electron chi connectivity index (χ4n) is 3.27. The van der Waals surface area contributed by atoms with Crippen LogP contribution in [0, 0.1) is 11.1 Å². The average Bonchev–Trinajstić information content (AvgIpc) is 2.86. The lowest BCUT2D eigenvalue weighted by atomic mass is 10.1. The van der Waals surface area contributed by atoms with Gasteiger partial charge in [-0.25, -0.2) is 0 Å². The van der Waals surface area contributed by atoms with Crippen molar-refractivity contribution in [3.05, 3.63) is 53.7 Å². The van der Waals surface area contributed by atoms with Gasteiger partial charge in [0.15, 0.2) is 0 Å². The van der Waals surface area contributed by atoms with Crippen molar-refractivity contribution in [3.8, 4) is 11.5 Å². The summed E-state index contributed by atoms with van der Waals surface area (Å²) >= 11 is 6.12. The second-order valence-electron chi connectivity index (χ2n) is 8.54. The molecule has 0 spiro atoms. The number of carbonyl (C=O) groups is 1. The van der Waals surface area contributed by atoms with Crippen molar-refractivity contribution in [1.82, 2.24) is 0 Å². The Bertz CT molecular complexity index is 885. The molecule has 0 saturated heterocycles. The predicted molar refractivity (Wildman–Crippen MR) is 136 cm³/mol. The number of alkyl halides is 1. The van der Waals surface area contributed by atoms with Gasteiger partial charge in [-0.05, 0) is 48.7 Å². The normalized spacial score (nSPS) is 13.4. The van der Waals surface area contributed by atoms with Gasteiger partial charge in [0.1, 0.15) is 22.6 Å². The standard InChI is InChI=1S/C27H37ClN2O4/c1-4-6-7-8-9-10-11-20-33-24-18-14-23(15-19-24)30(32)29-22-12-16-25(17-13-22)34-27(31)26(28)21(3)5-2/h12-19,21,26H,4-11,20H2,1-3H3/t21-,26-/m0/s1. The minimum absolute atomic E-state index is 0.0228. The lowest BCUT2D eigenvalue weighted by Crippen LogP contribution is -2.26. The van der Waals surface area contributed by atoms with Gasteiger partial charge in [0.25, 0.3) is 0 Å². The van der Waals surface area contributed by atoms with Crippen LogP contribution >= 0.6 is 11.6 Å². The summed E-state index contributed by atoms with van der Waals surface area (Å²) in [4.78, 5) is 12.6. The maximum Gasteiger partial charge on any atom is 0.329 e. The van der Waals surface area contributed by atoms with E-state index in [4.69, 9.17) is 21.1 Å². The van der Waals surface area contributed by atoms with Crippen LogP contribution in [-0.2, 0) is 4.79 Å². The van der Waals surface area contributed by atoms with Crippen molar-refractivity contribution in [2.45, 2.75) is 77.5 Å². The first-order chi connectivity index (χ1) is 16.4. The zero-order valence-corrected chi connectivity index (χ0v) is 21.3. The van der Waals surface area contributed by atoms with Crippen molar-refractivity contribution in [2.24, 2.45) is 11.0 Å². The van der Waals surface area contributed by atoms with Crippen LogP contribution in [0.2, 0.25) is 0 Å². The first kappa shape index (κ1) is 27.6. The molecule has 7 heteroatoms. The van der Waals surface area contributed by atoms with Gasteiger partial charge in [-0.1, -0.05) is 70.6 Å². The largest absolute Gasteiger partial charge is 0.594 e. The van der Waals surface area contributed by atoms with E-state index in [1.54, 1.807) is 48.5 Å². The molecule has 0 saturated carbocycles. The summed E-state index contributed by atoms with van der Waals surface area (Å²) in [5.41, 5.74) is 0.843. The van der Waals surface area contributed by atoms with Crippen molar-refractivity contribution >= 4 is 28.9 Å². The molecule has 0 aliphatic carbocycles. The third kappa shape index (κ3) is 9.72. The number of ether oxygens (including phenoxy) is 2. The minimum atomic E-state index is -0.700. The number of hydrogen-bond donors (Lipinski definition) is 0. The molecule has 0 heterocycles. The van der Waals surface area contributed by atoms with Crippen LogP contribution in [-0.4, -0.2) is 22.8 Å². The molecule has 0 aliphatic rings. The second-order valence-corrected chi connectivity index (χ2v) is 9.01. The van der Waals surface area contributed by atoms with E-state index in [0.29, 0.717) is 28.6 Å². The molecule has 0 N–H and O–H groups in total. The van der Waals surface area contributed by atoms with E-state index in [9.17, 15) is 10.0 Å². The topological polar surface area (TPSA) is 74.0 Å². The van der Waals surface area contributed by atoms with Gasteiger partial charge in [-0.15, -0.1) is 11.6 Å². The fourth-order valence-corrected chi connectivity index (χ4v) is 3.50. The molecule has 2 rings (SSSR count). The lowest BCUT2D eigenvalue weighted by molar-refractivity contribution is -0.435. The molecule has 6 nitrogen and oxygen atoms in total. The van der Waals surface area contributed by atoms with E-state index in [1.807, 2.05) is 13.8 Å². The number of azo groups is 1. The molecule has 0 amide bonds. The number of benzene rings is 2. The Morgan fingerprint density at radius 2 is 1.53 bits per heavy atom. The van der Waals surface area contributed by atoms with Gasteiger partial charge in [0.05, 0.1) is 6.61 Å². The van der Waals surface area contributed by atoms with E-state index in [1.165, 1.54) is 38.5 Å². The summed E-state index contributed by atoms with van der Waals surface area (Å²) in [6.45, 7) is 6.77. The molecule has 0 aliphatic heterocycles. The van der Waals surface area contributed by atoms with Crippen molar-refractivity contribution in [1.29, 1.82) is 0 Å².